The highest BCUT2D eigenvalue weighted by atomic mass is 14.9. The summed E-state index contributed by atoms with van der Waals surface area (Å²) in [5.41, 5.74) is 6.28. The van der Waals surface area contributed by atoms with E-state index in [1.807, 2.05) is 12.4 Å². The average Bonchev–Trinajstić information content (AvgIpc) is 2.86. The van der Waals surface area contributed by atoms with Gasteiger partial charge in [-0.05, 0) is 67.1 Å². The number of unbranched alkanes of at least 4 members (excludes halogenated alkanes) is 2. The fraction of sp³-hybridized carbons (Fsp3) is 0.467. The van der Waals surface area contributed by atoms with Crippen molar-refractivity contribution in [3.8, 4) is 22.5 Å². The molecule has 3 aromatic rings. The highest BCUT2D eigenvalue weighted by molar-refractivity contribution is 5.64. The van der Waals surface area contributed by atoms with E-state index >= 15 is 0 Å². The van der Waals surface area contributed by atoms with Gasteiger partial charge in [0.15, 0.2) is 5.82 Å². The normalized spacial score (nSPS) is 18.6. The summed E-state index contributed by atoms with van der Waals surface area (Å²) < 4.78 is 0. The summed E-state index contributed by atoms with van der Waals surface area (Å²) in [5, 5.41) is 0. The van der Waals surface area contributed by atoms with Gasteiger partial charge < -0.3 is 0 Å². The second-order valence-corrected chi connectivity index (χ2v) is 9.58. The van der Waals surface area contributed by atoms with Crippen LogP contribution in [0.5, 0.6) is 0 Å². The van der Waals surface area contributed by atoms with Crippen LogP contribution in [0.4, 0.5) is 0 Å². The first-order valence-corrected chi connectivity index (χ1v) is 12.8. The number of hydrogen-bond donors (Lipinski definition) is 0. The maximum absolute atomic E-state index is 4.66. The van der Waals surface area contributed by atoms with Crippen molar-refractivity contribution in [2.45, 2.75) is 84.0 Å². The summed E-state index contributed by atoms with van der Waals surface area (Å²) in [5.74, 6) is 2.50. The Bertz CT molecular complexity index is 934. The Labute approximate surface area is 194 Å². The molecule has 0 bridgehead atoms. The third kappa shape index (κ3) is 5.85. The molecule has 0 radical (unpaired) electrons. The number of rotatable bonds is 9. The van der Waals surface area contributed by atoms with E-state index in [1.165, 1.54) is 74.5 Å². The third-order valence-corrected chi connectivity index (χ3v) is 7.19. The van der Waals surface area contributed by atoms with Gasteiger partial charge in [0.1, 0.15) is 0 Å². The molecule has 0 saturated heterocycles. The molecule has 1 saturated carbocycles. The minimum atomic E-state index is 0.737. The van der Waals surface area contributed by atoms with E-state index in [0.717, 1.165) is 35.2 Å². The van der Waals surface area contributed by atoms with Gasteiger partial charge in [-0.2, -0.15) is 0 Å². The minimum Gasteiger partial charge on any atom is -0.236 e. The molecular weight excluding hydrogens is 388 g/mol. The number of aryl methyl sites for hydroxylation is 1. The fourth-order valence-electron chi connectivity index (χ4n) is 5.17. The van der Waals surface area contributed by atoms with E-state index in [1.54, 1.807) is 0 Å². The van der Waals surface area contributed by atoms with Crippen molar-refractivity contribution in [2.24, 2.45) is 5.92 Å². The molecule has 1 aliphatic carbocycles. The van der Waals surface area contributed by atoms with Crippen LogP contribution in [0.25, 0.3) is 22.5 Å². The van der Waals surface area contributed by atoms with Gasteiger partial charge in [0.25, 0.3) is 0 Å². The number of nitrogens with zero attached hydrogens (tertiary/aromatic N) is 2. The van der Waals surface area contributed by atoms with Crippen molar-refractivity contribution in [3.05, 3.63) is 72.1 Å². The van der Waals surface area contributed by atoms with Crippen LogP contribution >= 0.6 is 0 Å². The van der Waals surface area contributed by atoms with Gasteiger partial charge in [0, 0.05) is 23.5 Å². The maximum Gasteiger partial charge on any atom is 0.159 e. The molecule has 2 aromatic carbocycles. The molecule has 1 aromatic heterocycles. The second kappa shape index (κ2) is 11.4. The van der Waals surface area contributed by atoms with Crippen molar-refractivity contribution >= 4 is 0 Å². The Hall–Kier alpha value is -2.48. The lowest BCUT2D eigenvalue weighted by Crippen LogP contribution is -2.13. The summed E-state index contributed by atoms with van der Waals surface area (Å²) in [6, 6.07) is 17.9. The van der Waals surface area contributed by atoms with Gasteiger partial charge in [-0.3, -0.25) is 0 Å². The number of hydrogen-bond acceptors (Lipinski definition) is 2. The van der Waals surface area contributed by atoms with Crippen LogP contribution in [0.1, 0.15) is 88.7 Å². The molecule has 0 aliphatic heterocycles. The monoisotopic (exact) mass is 426 g/mol. The molecule has 0 atom stereocenters. The highest BCUT2D eigenvalue weighted by Gasteiger charge is 2.21. The summed E-state index contributed by atoms with van der Waals surface area (Å²) >= 11 is 0. The number of aromatic nitrogens is 2. The molecule has 1 heterocycles. The zero-order valence-electron chi connectivity index (χ0n) is 19.9. The van der Waals surface area contributed by atoms with E-state index in [2.05, 4.69) is 72.3 Å². The van der Waals surface area contributed by atoms with Crippen LogP contribution in [0, 0.1) is 5.92 Å². The van der Waals surface area contributed by atoms with Gasteiger partial charge >= 0.3 is 0 Å². The molecule has 32 heavy (non-hydrogen) atoms. The lowest BCUT2D eigenvalue weighted by Gasteiger charge is -2.28. The maximum atomic E-state index is 4.66. The van der Waals surface area contributed by atoms with Crippen LogP contribution in [-0.4, -0.2) is 9.97 Å². The van der Waals surface area contributed by atoms with E-state index in [9.17, 15) is 0 Å². The smallest absolute Gasteiger partial charge is 0.159 e. The highest BCUT2D eigenvalue weighted by Crippen LogP contribution is 2.38. The lowest BCUT2D eigenvalue weighted by molar-refractivity contribution is 0.308. The van der Waals surface area contributed by atoms with Gasteiger partial charge in [0.05, 0.1) is 0 Å². The van der Waals surface area contributed by atoms with Crippen molar-refractivity contribution in [1.82, 2.24) is 9.97 Å². The first kappa shape index (κ1) is 22.7. The molecule has 0 N–H and O–H groups in total. The largest absolute Gasteiger partial charge is 0.236 e. The van der Waals surface area contributed by atoms with Crippen molar-refractivity contribution in [3.63, 3.8) is 0 Å². The Balaban J connectivity index is 1.37. The summed E-state index contributed by atoms with van der Waals surface area (Å²) in [4.78, 5) is 9.31. The summed E-state index contributed by atoms with van der Waals surface area (Å²) in [7, 11) is 0. The SMILES string of the molecule is CCCCCc1ccc(-c2ncc(-c3ccc(C4CCC(CCC)CC4)cc3)cn2)cc1. The first-order chi connectivity index (χ1) is 15.8. The Morgan fingerprint density at radius 3 is 1.97 bits per heavy atom. The zero-order valence-corrected chi connectivity index (χ0v) is 19.9. The van der Waals surface area contributed by atoms with Crippen LogP contribution < -0.4 is 0 Å². The zero-order chi connectivity index (χ0) is 22.2. The van der Waals surface area contributed by atoms with E-state index in [0.29, 0.717) is 0 Å². The third-order valence-electron chi connectivity index (χ3n) is 7.19. The van der Waals surface area contributed by atoms with Crippen molar-refractivity contribution in [2.75, 3.05) is 0 Å². The molecule has 1 fully saturated rings. The molecule has 0 spiro atoms. The predicted molar refractivity (Wildman–Crippen MR) is 136 cm³/mol. The van der Waals surface area contributed by atoms with Crippen LogP contribution in [-0.2, 0) is 6.42 Å². The molecule has 168 valence electrons. The molecule has 1 aliphatic rings. The lowest BCUT2D eigenvalue weighted by atomic mass is 9.77. The van der Waals surface area contributed by atoms with Gasteiger partial charge in [-0.15, -0.1) is 0 Å². The van der Waals surface area contributed by atoms with Crippen molar-refractivity contribution in [1.29, 1.82) is 0 Å². The Morgan fingerprint density at radius 2 is 1.34 bits per heavy atom. The standard InChI is InChI=1S/C30H38N2/c1-3-5-6-8-24-11-15-28(16-12-24)30-31-21-29(22-32-30)27-19-17-26(18-20-27)25-13-9-23(7-4-2)10-14-25/h11-12,15-23,25H,3-10,13-14H2,1-2H3. The molecule has 0 amide bonds. The second-order valence-electron chi connectivity index (χ2n) is 9.58. The molecule has 0 unspecified atom stereocenters. The summed E-state index contributed by atoms with van der Waals surface area (Å²) in [6.45, 7) is 4.56. The summed E-state index contributed by atoms with van der Waals surface area (Å²) in [6.07, 6.45) is 17.1. The van der Waals surface area contributed by atoms with E-state index in [-0.39, 0.29) is 0 Å². The van der Waals surface area contributed by atoms with Gasteiger partial charge in [-0.25, -0.2) is 9.97 Å². The molecule has 4 rings (SSSR count). The molecule has 2 nitrogen and oxygen atoms in total. The fourth-order valence-corrected chi connectivity index (χ4v) is 5.17. The van der Waals surface area contributed by atoms with E-state index in [4.69, 9.17) is 0 Å². The van der Waals surface area contributed by atoms with Crippen LogP contribution in [0.2, 0.25) is 0 Å². The van der Waals surface area contributed by atoms with Gasteiger partial charge in [0.2, 0.25) is 0 Å². The quantitative estimate of drug-likeness (QED) is 0.320. The van der Waals surface area contributed by atoms with Crippen molar-refractivity contribution < 1.29 is 0 Å². The van der Waals surface area contributed by atoms with Crippen LogP contribution in [0.15, 0.2) is 60.9 Å². The average molecular weight is 427 g/mol. The topological polar surface area (TPSA) is 25.8 Å². The van der Waals surface area contributed by atoms with Crippen LogP contribution in [0.3, 0.4) is 0 Å². The molecule has 2 heteroatoms. The molecular formula is C30H38N2. The Morgan fingerprint density at radius 1 is 0.688 bits per heavy atom. The minimum absolute atomic E-state index is 0.737. The number of benzene rings is 2. The van der Waals surface area contributed by atoms with E-state index < -0.39 is 0 Å². The first-order valence-electron chi connectivity index (χ1n) is 12.8. The predicted octanol–water partition coefficient (Wildman–Crippen LogP) is 8.62. The van der Waals surface area contributed by atoms with Gasteiger partial charge in [-0.1, -0.05) is 88.1 Å². The Kier molecular flexibility index (Phi) is 8.09.